The topological polar surface area (TPSA) is 72.0 Å². The number of rotatable bonds is 2. The van der Waals surface area contributed by atoms with Crippen LogP contribution in [0.2, 0.25) is 10.0 Å². The SMILES string of the molecule is Oc1ccc(Cl)c(-c2nc(-c3ncccc3Cl)no2)c1. The Hall–Kier alpha value is -2.11. The van der Waals surface area contributed by atoms with E-state index in [1.54, 1.807) is 24.4 Å². The molecule has 1 N–H and O–H groups in total. The summed E-state index contributed by atoms with van der Waals surface area (Å²) in [6.45, 7) is 0. The van der Waals surface area contributed by atoms with Crippen LogP contribution in [-0.4, -0.2) is 20.2 Å². The molecule has 0 saturated carbocycles. The molecule has 0 fully saturated rings. The molecule has 2 aromatic heterocycles. The zero-order chi connectivity index (χ0) is 14.1. The molecule has 1 aromatic carbocycles. The van der Waals surface area contributed by atoms with Gasteiger partial charge in [0, 0.05) is 6.20 Å². The van der Waals surface area contributed by atoms with Gasteiger partial charge in [-0.3, -0.25) is 4.98 Å². The van der Waals surface area contributed by atoms with E-state index in [-0.39, 0.29) is 17.5 Å². The first kappa shape index (κ1) is 12.9. The van der Waals surface area contributed by atoms with Crippen LogP contribution in [0.15, 0.2) is 41.1 Å². The minimum absolute atomic E-state index is 0.0556. The van der Waals surface area contributed by atoms with Gasteiger partial charge < -0.3 is 9.63 Å². The van der Waals surface area contributed by atoms with Crippen LogP contribution in [0.3, 0.4) is 0 Å². The summed E-state index contributed by atoms with van der Waals surface area (Å²) in [7, 11) is 0. The Bertz CT molecular complexity index is 774. The van der Waals surface area contributed by atoms with Gasteiger partial charge in [0.2, 0.25) is 5.82 Å². The first-order chi connectivity index (χ1) is 9.65. The maximum absolute atomic E-state index is 9.48. The van der Waals surface area contributed by atoms with Gasteiger partial charge >= 0.3 is 0 Å². The van der Waals surface area contributed by atoms with E-state index in [1.165, 1.54) is 12.1 Å². The fourth-order valence-corrected chi connectivity index (χ4v) is 2.06. The lowest BCUT2D eigenvalue weighted by Gasteiger charge is -1.99. The molecule has 5 nitrogen and oxygen atoms in total. The number of hydrogen-bond donors (Lipinski definition) is 1. The van der Waals surface area contributed by atoms with Gasteiger partial charge in [-0.05, 0) is 30.3 Å². The van der Waals surface area contributed by atoms with E-state index < -0.39 is 0 Å². The number of aromatic nitrogens is 3. The van der Waals surface area contributed by atoms with Crippen LogP contribution >= 0.6 is 23.2 Å². The van der Waals surface area contributed by atoms with Gasteiger partial charge in [0.1, 0.15) is 11.4 Å². The molecular formula is C13H7Cl2N3O2. The second kappa shape index (κ2) is 5.11. The minimum atomic E-state index is 0.0556. The average Bonchev–Trinajstić information content (AvgIpc) is 2.91. The van der Waals surface area contributed by atoms with Gasteiger partial charge in [0.05, 0.1) is 15.6 Å². The smallest absolute Gasteiger partial charge is 0.259 e. The van der Waals surface area contributed by atoms with Crippen molar-refractivity contribution in [2.75, 3.05) is 0 Å². The molecule has 20 heavy (non-hydrogen) atoms. The molecule has 2 heterocycles. The normalized spacial score (nSPS) is 10.7. The predicted octanol–water partition coefficient (Wildman–Crippen LogP) is 3.81. The van der Waals surface area contributed by atoms with Gasteiger partial charge in [-0.15, -0.1) is 0 Å². The van der Waals surface area contributed by atoms with Gasteiger partial charge in [-0.25, -0.2) is 0 Å². The van der Waals surface area contributed by atoms with E-state index >= 15 is 0 Å². The molecule has 0 amide bonds. The number of nitrogens with zero attached hydrogens (tertiary/aromatic N) is 3. The second-order valence-electron chi connectivity index (χ2n) is 3.92. The molecule has 0 spiro atoms. The first-order valence-electron chi connectivity index (χ1n) is 5.58. The molecule has 0 unspecified atom stereocenters. The average molecular weight is 308 g/mol. The molecule has 0 radical (unpaired) electrons. The summed E-state index contributed by atoms with van der Waals surface area (Å²) in [6.07, 6.45) is 1.58. The lowest BCUT2D eigenvalue weighted by molar-refractivity contribution is 0.431. The number of hydrogen-bond acceptors (Lipinski definition) is 5. The predicted molar refractivity (Wildman–Crippen MR) is 74.6 cm³/mol. The molecule has 0 atom stereocenters. The third-order valence-corrected chi connectivity index (χ3v) is 3.21. The van der Waals surface area contributed by atoms with Crippen molar-refractivity contribution in [3.63, 3.8) is 0 Å². The van der Waals surface area contributed by atoms with Crippen molar-refractivity contribution in [1.82, 2.24) is 15.1 Å². The van der Waals surface area contributed by atoms with Crippen molar-refractivity contribution >= 4 is 23.2 Å². The molecule has 100 valence electrons. The van der Waals surface area contributed by atoms with Crippen molar-refractivity contribution < 1.29 is 9.63 Å². The zero-order valence-electron chi connectivity index (χ0n) is 9.92. The molecule has 7 heteroatoms. The lowest BCUT2D eigenvalue weighted by Crippen LogP contribution is -1.86. The summed E-state index contributed by atoms with van der Waals surface area (Å²) in [4.78, 5) is 8.29. The molecule has 3 rings (SSSR count). The van der Waals surface area contributed by atoms with Gasteiger partial charge in [-0.1, -0.05) is 28.4 Å². The highest BCUT2D eigenvalue weighted by molar-refractivity contribution is 6.33. The van der Waals surface area contributed by atoms with Crippen LogP contribution in [0.1, 0.15) is 0 Å². The Morgan fingerprint density at radius 3 is 2.75 bits per heavy atom. The van der Waals surface area contributed by atoms with E-state index in [1.807, 2.05) is 0 Å². The number of phenols is 1. The van der Waals surface area contributed by atoms with E-state index in [2.05, 4.69) is 15.1 Å². The summed E-state index contributed by atoms with van der Waals surface area (Å²) >= 11 is 12.1. The number of aromatic hydroxyl groups is 1. The van der Waals surface area contributed by atoms with E-state index in [9.17, 15) is 5.11 Å². The van der Waals surface area contributed by atoms with Gasteiger partial charge in [0.15, 0.2) is 0 Å². The highest BCUT2D eigenvalue weighted by atomic mass is 35.5. The van der Waals surface area contributed by atoms with Crippen LogP contribution in [0.25, 0.3) is 23.0 Å². The van der Waals surface area contributed by atoms with Gasteiger partial charge in [-0.2, -0.15) is 4.98 Å². The molecule has 3 aromatic rings. The van der Waals surface area contributed by atoms with E-state index in [4.69, 9.17) is 27.7 Å². The molecule has 0 aliphatic rings. The summed E-state index contributed by atoms with van der Waals surface area (Å²) in [5.41, 5.74) is 0.859. The van der Waals surface area contributed by atoms with E-state index in [0.717, 1.165) is 0 Å². The fraction of sp³-hybridized carbons (Fsp3) is 0. The summed E-state index contributed by atoms with van der Waals surface area (Å²) in [5, 5.41) is 14.1. The van der Waals surface area contributed by atoms with Crippen molar-refractivity contribution in [1.29, 1.82) is 0 Å². The Morgan fingerprint density at radius 1 is 1.10 bits per heavy atom. The Kier molecular flexibility index (Phi) is 3.30. The third kappa shape index (κ3) is 2.33. The maximum atomic E-state index is 9.48. The summed E-state index contributed by atoms with van der Waals surface area (Å²) in [6, 6.07) is 7.85. The Labute approximate surface area is 123 Å². The van der Waals surface area contributed by atoms with Crippen molar-refractivity contribution in [3.05, 3.63) is 46.6 Å². The molecule has 0 bridgehead atoms. The number of benzene rings is 1. The van der Waals surface area contributed by atoms with Gasteiger partial charge in [0.25, 0.3) is 5.89 Å². The molecule has 0 saturated heterocycles. The second-order valence-corrected chi connectivity index (χ2v) is 4.74. The molecular weight excluding hydrogens is 301 g/mol. The highest BCUT2D eigenvalue weighted by Gasteiger charge is 2.16. The van der Waals surface area contributed by atoms with Crippen LogP contribution < -0.4 is 0 Å². The van der Waals surface area contributed by atoms with E-state index in [0.29, 0.717) is 21.3 Å². The number of phenolic OH excluding ortho intramolecular Hbond substituents is 1. The largest absolute Gasteiger partial charge is 0.508 e. The quantitative estimate of drug-likeness (QED) is 0.779. The first-order valence-corrected chi connectivity index (χ1v) is 6.34. The van der Waals surface area contributed by atoms with Crippen molar-refractivity contribution in [2.45, 2.75) is 0 Å². The molecule has 0 aliphatic heterocycles. The van der Waals surface area contributed by atoms with Crippen LogP contribution in [-0.2, 0) is 0 Å². The zero-order valence-corrected chi connectivity index (χ0v) is 11.4. The minimum Gasteiger partial charge on any atom is -0.508 e. The Balaban J connectivity index is 2.07. The monoisotopic (exact) mass is 307 g/mol. The number of pyridine rings is 1. The summed E-state index contributed by atoms with van der Waals surface area (Å²) < 4.78 is 5.14. The highest BCUT2D eigenvalue weighted by Crippen LogP contribution is 2.31. The van der Waals surface area contributed by atoms with Crippen molar-refractivity contribution in [3.8, 4) is 28.7 Å². The van der Waals surface area contributed by atoms with Crippen LogP contribution in [0.4, 0.5) is 0 Å². The standard InChI is InChI=1S/C13H7Cl2N3O2/c14-9-4-3-7(19)6-8(9)13-17-12(18-20-13)11-10(15)2-1-5-16-11/h1-6,19H. The maximum Gasteiger partial charge on any atom is 0.259 e. The third-order valence-electron chi connectivity index (χ3n) is 2.58. The van der Waals surface area contributed by atoms with Crippen LogP contribution in [0.5, 0.6) is 5.75 Å². The van der Waals surface area contributed by atoms with Crippen molar-refractivity contribution in [2.24, 2.45) is 0 Å². The lowest BCUT2D eigenvalue weighted by atomic mass is 10.2. The molecule has 0 aliphatic carbocycles. The Morgan fingerprint density at radius 2 is 1.95 bits per heavy atom. The number of halogens is 2. The fourth-order valence-electron chi connectivity index (χ4n) is 1.66. The van der Waals surface area contributed by atoms with Crippen LogP contribution in [0, 0.1) is 0 Å². The summed E-state index contributed by atoms with van der Waals surface area (Å²) in [5.74, 6) is 0.493.